The minimum Gasteiger partial charge on any atom is -0.457 e. The van der Waals surface area contributed by atoms with Crippen LogP contribution in [0.4, 0.5) is 5.69 Å². The molecule has 0 radical (unpaired) electrons. The zero-order chi connectivity index (χ0) is 20.8. The Kier molecular flexibility index (Phi) is 6.30. The van der Waals surface area contributed by atoms with E-state index >= 15 is 0 Å². The molecule has 0 saturated carbocycles. The maximum Gasteiger partial charge on any atom is 0.246 e. The second kappa shape index (κ2) is 9.46. The van der Waals surface area contributed by atoms with Crippen LogP contribution in [0.1, 0.15) is 12.0 Å². The monoisotopic (exact) mass is 402 g/mol. The van der Waals surface area contributed by atoms with E-state index < -0.39 is 0 Å². The zero-order valence-corrected chi connectivity index (χ0v) is 17.1. The van der Waals surface area contributed by atoms with E-state index in [0.29, 0.717) is 0 Å². The lowest BCUT2D eigenvalue weighted by atomic mass is 9.93. The van der Waals surface area contributed by atoms with Crippen molar-refractivity contribution in [2.45, 2.75) is 12.8 Å². The summed E-state index contributed by atoms with van der Waals surface area (Å²) in [5, 5.41) is 3.71. The van der Waals surface area contributed by atoms with Gasteiger partial charge in [0.1, 0.15) is 18.2 Å². The molecule has 1 atom stereocenters. The second-order valence-corrected chi connectivity index (χ2v) is 7.36. The van der Waals surface area contributed by atoms with Gasteiger partial charge in [-0.3, -0.25) is 9.80 Å². The van der Waals surface area contributed by atoms with Gasteiger partial charge in [-0.25, -0.2) is 5.01 Å². The lowest BCUT2D eigenvalue weighted by molar-refractivity contribution is -0.144. The fraction of sp³-hybridized carbons (Fsp3) is 0.240. The summed E-state index contributed by atoms with van der Waals surface area (Å²) in [6, 6.07) is 27.7. The van der Waals surface area contributed by atoms with Gasteiger partial charge in [-0.1, -0.05) is 48.5 Å². The second-order valence-electron chi connectivity index (χ2n) is 7.36. The van der Waals surface area contributed by atoms with Crippen molar-refractivity contribution < 1.29 is 14.3 Å². The number of anilines is 1. The number of ether oxygens (including phenoxy) is 2. The summed E-state index contributed by atoms with van der Waals surface area (Å²) in [6.07, 6.45) is 1.55. The Morgan fingerprint density at radius 1 is 0.867 bits per heavy atom. The van der Waals surface area contributed by atoms with Gasteiger partial charge in [-0.2, -0.15) is 0 Å². The number of methoxy groups -OCH3 is 1. The maximum absolute atomic E-state index is 13.2. The molecular formula is C25H26N2O3. The van der Waals surface area contributed by atoms with Gasteiger partial charge < -0.3 is 9.47 Å². The number of rotatable bonds is 7. The third kappa shape index (κ3) is 4.63. The van der Waals surface area contributed by atoms with Crippen LogP contribution in [-0.4, -0.2) is 31.3 Å². The normalized spacial score (nSPS) is 16.6. The molecule has 0 aliphatic carbocycles. The molecule has 1 aliphatic rings. The number of nitrogens with zero attached hydrogens (tertiary/aromatic N) is 2. The summed E-state index contributed by atoms with van der Waals surface area (Å²) in [5.74, 6) is 1.60. The van der Waals surface area contributed by atoms with Crippen LogP contribution in [0, 0.1) is 5.92 Å². The highest BCUT2D eigenvalue weighted by molar-refractivity contribution is 5.82. The van der Waals surface area contributed by atoms with Crippen molar-refractivity contribution >= 4 is 11.6 Å². The van der Waals surface area contributed by atoms with Gasteiger partial charge in [0.2, 0.25) is 5.91 Å². The van der Waals surface area contributed by atoms with E-state index in [2.05, 4.69) is 12.1 Å². The van der Waals surface area contributed by atoms with E-state index in [4.69, 9.17) is 9.47 Å². The largest absolute Gasteiger partial charge is 0.457 e. The highest BCUT2D eigenvalue weighted by Crippen LogP contribution is 2.29. The van der Waals surface area contributed by atoms with E-state index in [-0.39, 0.29) is 18.6 Å². The summed E-state index contributed by atoms with van der Waals surface area (Å²) in [5.41, 5.74) is 2.13. The van der Waals surface area contributed by atoms with Crippen LogP contribution in [0.5, 0.6) is 11.5 Å². The predicted molar refractivity (Wildman–Crippen MR) is 117 cm³/mol. The number of amides is 1. The quantitative estimate of drug-likeness (QED) is 0.564. The Morgan fingerprint density at radius 2 is 1.50 bits per heavy atom. The van der Waals surface area contributed by atoms with Crippen LogP contribution in [0.25, 0.3) is 0 Å². The van der Waals surface area contributed by atoms with Crippen molar-refractivity contribution in [3.63, 3.8) is 0 Å². The molecular weight excluding hydrogens is 376 g/mol. The van der Waals surface area contributed by atoms with Crippen molar-refractivity contribution in [2.75, 3.05) is 25.4 Å². The first-order valence-corrected chi connectivity index (χ1v) is 10.2. The van der Waals surface area contributed by atoms with Crippen LogP contribution in [0.3, 0.4) is 0 Å². The van der Waals surface area contributed by atoms with Crippen molar-refractivity contribution in [1.82, 2.24) is 5.01 Å². The molecule has 1 saturated heterocycles. The van der Waals surface area contributed by atoms with Gasteiger partial charge in [0.05, 0.1) is 5.69 Å². The molecule has 1 unspecified atom stereocenters. The molecule has 1 amide bonds. The average molecular weight is 402 g/mol. The minimum absolute atomic E-state index is 0.0421. The first kappa shape index (κ1) is 20.0. The van der Waals surface area contributed by atoms with Crippen LogP contribution in [0.15, 0.2) is 84.9 Å². The number of hydrogen-bond acceptors (Lipinski definition) is 4. The minimum atomic E-state index is -0.0421. The van der Waals surface area contributed by atoms with Crippen molar-refractivity contribution in [2.24, 2.45) is 5.92 Å². The van der Waals surface area contributed by atoms with Gasteiger partial charge in [-0.05, 0) is 54.8 Å². The van der Waals surface area contributed by atoms with Crippen molar-refractivity contribution in [3.8, 4) is 11.5 Å². The van der Waals surface area contributed by atoms with E-state index in [1.54, 1.807) is 12.1 Å². The molecule has 30 heavy (non-hydrogen) atoms. The fourth-order valence-electron chi connectivity index (χ4n) is 3.77. The molecule has 4 rings (SSSR count). The molecule has 1 fully saturated rings. The highest BCUT2D eigenvalue weighted by atomic mass is 16.5. The van der Waals surface area contributed by atoms with Crippen molar-refractivity contribution in [1.29, 1.82) is 0 Å². The number of para-hydroxylation sites is 1. The highest BCUT2D eigenvalue weighted by Gasteiger charge is 2.34. The molecule has 1 aliphatic heterocycles. The predicted octanol–water partition coefficient (Wildman–Crippen LogP) is 4.90. The topological polar surface area (TPSA) is 42.0 Å². The molecule has 3 aromatic carbocycles. The van der Waals surface area contributed by atoms with Gasteiger partial charge in [-0.15, -0.1) is 0 Å². The lowest BCUT2D eigenvalue weighted by Crippen LogP contribution is -2.55. The first-order chi connectivity index (χ1) is 14.7. The Balaban J connectivity index is 1.47. The third-order valence-electron chi connectivity index (χ3n) is 5.27. The van der Waals surface area contributed by atoms with E-state index in [9.17, 15) is 4.79 Å². The fourth-order valence-corrected chi connectivity index (χ4v) is 3.77. The summed E-state index contributed by atoms with van der Waals surface area (Å²) in [7, 11) is 1.61. The molecule has 5 heteroatoms. The van der Waals surface area contributed by atoms with Gasteiger partial charge in [0, 0.05) is 19.6 Å². The van der Waals surface area contributed by atoms with Gasteiger partial charge in [0.25, 0.3) is 0 Å². The summed E-state index contributed by atoms with van der Waals surface area (Å²) in [4.78, 5) is 13.2. The molecule has 1 heterocycles. The van der Waals surface area contributed by atoms with E-state index in [1.807, 2.05) is 77.8 Å². The van der Waals surface area contributed by atoms with Crippen molar-refractivity contribution in [3.05, 3.63) is 90.5 Å². The molecule has 0 N–H and O–H groups in total. The Bertz CT molecular complexity index is 945. The van der Waals surface area contributed by atoms with E-state index in [0.717, 1.165) is 36.6 Å². The number of benzene rings is 3. The van der Waals surface area contributed by atoms with Crippen LogP contribution in [0.2, 0.25) is 0 Å². The maximum atomic E-state index is 13.2. The standard InChI is InChI=1S/C25H26N2O3/c1-29-19-27-25(28)21(18-20-8-4-2-5-9-20)16-17-26(27)22-12-14-24(15-13-22)30-23-10-6-3-7-11-23/h2-15,21H,16-19H2,1H3. The van der Waals surface area contributed by atoms with Gasteiger partial charge >= 0.3 is 0 Å². The number of carbonyl (C=O) groups is 1. The summed E-state index contributed by atoms with van der Waals surface area (Å²) in [6.45, 7) is 0.984. The smallest absolute Gasteiger partial charge is 0.246 e. The zero-order valence-electron chi connectivity index (χ0n) is 17.1. The Morgan fingerprint density at radius 3 is 2.17 bits per heavy atom. The van der Waals surface area contributed by atoms with Crippen LogP contribution < -0.4 is 9.75 Å². The molecule has 0 bridgehead atoms. The first-order valence-electron chi connectivity index (χ1n) is 10.2. The molecule has 154 valence electrons. The lowest BCUT2D eigenvalue weighted by Gasteiger charge is -2.42. The third-order valence-corrected chi connectivity index (χ3v) is 5.27. The molecule has 3 aromatic rings. The van der Waals surface area contributed by atoms with Crippen LogP contribution in [-0.2, 0) is 16.0 Å². The SMILES string of the molecule is COCN1C(=O)C(Cc2ccccc2)CCN1c1ccc(Oc2ccccc2)cc1. The molecule has 0 aromatic heterocycles. The number of hydrogen-bond donors (Lipinski definition) is 0. The summed E-state index contributed by atoms with van der Waals surface area (Å²) < 4.78 is 11.2. The summed E-state index contributed by atoms with van der Waals surface area (Å²) >= 11 is 0. The number of carbonyl (C=O) groups excluding carboxylic acids is 1. The number of hydrazine groups is 1. The van der Waals surface area contributed by atoms with Crippen LogP contribution >= 0.6 is 0 Å². The molecule has 0 spiro atoms. The molecule has 5 nitrogen and oxygen atoms in total. The van der Waals surface area contributed by atoms with Gasteiger partial charge in [0.15, 0.2) is 0 Å². The Labute approximate surface area is 177 Å². The average Bonchev–Trinajstić information content (AvgIpc) is 2.79. The van der Waals surface area contributed by atoms with E-state index in [1.165, 1.54) is 5.56 Å². The Hall–Kier alpha value is -3.31.